The second-order valence-electron chi connectivity index (χ2n) is 4.62. The summed E-state index contributed by atoms with van der Waals surface area (Å²) in [5.41, 5.74) is 0. The van der Waals surface area contributed by atoms with Crippen LogP contribution in [0.25, 0.3) is 0 Å². The van der Waals surface area contributed by atoms with Crippen molar-refractivity contribution in [2.24, 2.45) is 0 Å². The highest BCUT2D eigenvalue weighted by Gasteiger charge is 2.08. The number of furan rings is 1. The minimum absolute atomic E-state index is 0.807. The molecule has 0 unspecified atom stereocenters. The fraction of sp³-hybridized carbons (Fsp3) is 0.692. The average Bonchev–Trinajstić information content (AvgIpc) is 2.60. The normalized spacial score (nSPS) is 18.2. The van der Waals surface area contributed by atoms with E-state index in [1.54, 1.807) is 6.26 Å². The Labute approximate surface area is 112 Å². The van der Waals surface area contributed by atoms with Gasteiger partial charge in [-0.3, -0.25) is 0 Å². The van der Waals surface area contributed by atoms with Crippen LogP contribution in [0.15, 0.2) is 21.2 Å². The lowest BCUT2D eigenvalue weighted by molar-refractivity contribution is 0.282. The van der Waals surface area contributed by atoms with E-state index < -0.39 is 0 Å². The number of nitrogens with zero attached hydrogens (tertiary/aromatic N) is 1. The van der Waals surface area contributed by atoms with Crippen molar-refractivity contribution in [2.45, 2.75) is 32.2 Å². The first-order valence-electron chi connectivity index (χ1n) is 6.51. The van der Waals surface area contributed by atoms with E-state index in [-0.39, 0.29) is 0 Å². The zero-order valence-electron chi connectivity index (χ0n) is 10.3. The van der Waals surface area contributed by atoms with Crippen molar-refractivity contribution < 1.29 is 4.42 Å². The summed E-state index contributed by atoms with van der Waals surface area (Å²) in [7, 11) is 0. The lowest BCUT2D eigenvalue weighted by Gasteiger charge is -2.19. The third-order valence-electron chi connectivity index (χ3n) is 3.28. The van der Waals surface area contributed by atoms with E-state index in [0.29, 0.717) is 0 Å². The van der Waals surface area contributed by atoms with Gasteiger partial charge in [0.25, 0.3) is 0 Å². The standard InChI is InChI=1S/C13H21BrN2O/c14-12-5-10-17-13(12)11-15-6-9-16-7-3-1-2-4-8-16/h5,10,15H,1-4,6-9,11H2. The van der Waals surface area contributed by atoms with Crippen LogP contribution in [0.2, 0.25) is 0 Å². The summed E-state index contributed by atoms with van der Waals surface area (Å²) >= 11 is 3.46. The molecule has 0 spiro atoms. The maximum absolute atomic E-state index is 5.35. The molecule has 96 valence electrons. The summed E-state index contributed by atoms with van der Waals surface area (Å²) in [5, 5.41) is 3.43. The Morgan fingerprint density at radius 3 is 2.65 bits per heavy atom. The highest BCUT2D eigenvalue weighted by atomic mass is 79.9. The van der Waals surface area contributed by atoms with Crippen molar-refractivity contribution in [3.8, 4) is 0 Å². The van der Waals surface area contributed by atoms with E-state index in [9.17, 15) is 0 Å². The number of hydrogen-bond acceptors (Lipinski definition) is 3. The zero-order chi connectivity index (χ0) is 11.9. The molecule has 3 nitrogen and oxygen atoms in total. The Morgan fingerprint density at radius 2 is 2.00 bits per heavy atom. The minimum Gasteiger partial charge on any atom is -0.467 e. The fourth-order valence-corrected chi connectivity index (χ4v) is 2.59. The van der Waals surface area contributed by atoms with Crippen LogP contribution in [0.5, 0.6) is 0 Å². The second-order valence-corrected chi connectivity index (χ2v) is 5.48. The molecule has 2 heterocycles. The highest BCUT2D eigenvalue weighted by molar-refractivity contribution is 9.10. The Bertz CT molecular complexity index is 319. The van der Waals surface area contributed by atoms with E-state index >= 15 is 0 Å². The van der Waals surface area contributed by atoms with Crippen LogP contribution in [0.4, 0.5) is 0 Å². The van der Waals surface area contributed by atoms with Gasteiger partial charge in [0.05, 0.1) is 17.3 Å². The van der Waals surface area contributed by atoms with Crippen LogP contribution in [0.3, 0.4) is 0 Å². The molecule has 0 atom stereocenters. The van der Waals surface area contributed by atoms with Crippen molar-refractivity contribution in [2.75, 3.05) is 26.2 Å². The topological polar surface area (TPSA) is 28.4 Å². The first-order valence-corrected chi connectivity index (χ1v) is 7.30. The molecule has 1 N–H and O–H groups in total. The summed E-state index contributed by atoms with van der Waals surface area (Å²) in [6.45, 7) is 5.53. The van der Waals surface area contributed by atoms with Crippen molar-refractivity contribution in [1.82, 2.24) is 10.2 Å². The van der Waals surface area contributed by atoms with E-state index in [2.05, 4.69) is 26.1 Å². The van der Waals surface area contributed by atoms with Crippen molar-refractivity contribution in [1.29, 1.82) is 0 Å². The lowest BCUT2D eigenvalue weighted by Crippen LogP contribution is -2.32. The first-order chi connectivity index (χ1) is 8.36. The van der Waals surface area contributed by atoms with Crippen LogP contribution in [0.1, 0.15) is 31.4 Å². The fourth-order valence-electron chi connectivity index (χ4n) is 2.25. The van der Waals surface area contributed by atoms with Gasteiger partial charge in [0.15, 0.2) is 0 Å². The molecular formula is C13H21BrN2O. The maximum Gasteiger partial charge on any atom is 0.131 e. The highest BCUT2D eigenvalue weighted by Crippen LogP contribution is 2.16. The molecule has 1 aromatic heterocycles. The molecule has 1 fully saturated rings. The lowest BCUT2D eigenvalue weighted by atomic mass is 10.2. The molecule has 0 aliphatic carbocycles. The molecule has 1 saturated heterocycles. The van der Waals surface area contributed by atoms with Gasteiger partial charge in [-0.1, -0.05) is 12.8 Å². The largest absolute Gasteiger partial charge is 0.467 e. The Balaban J connectivity index is 1.61. The Kier molecular flexibility index (Phi) is 5.55. The van der Waals surface area contributed by atoms with Crippen molar-refractivity contribution in [3.63, 3.8) is 0 Å². The number of halogens is 1. The van der Waals surface area contributed by atoms with E-state index in [1.165, 1.54) is 38.8 Å². The van der Waals surface area contributed by atoms with Gasteiger partial charge in [-0.05, 0) is 47.9 Å². The summed E-state index contributed by atoms with van der Waals surface area (Å²) in [4.78, 5) is 2.57. The molecule has 0 aromatic carbocycles. The summed E-state index contributed by atoms with van der Waals surface area (Å²) in [5.74, 6) is 0.987. The number of likely N-dealkylation sites (tertiary alicyclic amines) is 1. The van der Waals surface area contributed by atoms with Crippen molar-refractivity contribution in [3.05, 3.63) is 22.6 Å². The molecule has 1 aliphatic rings. The summed E-state index contributed by atoms with van der Waals surface area (Å²) in [6, 6.07) is 1.94. The van der Waals surface area contributed by atoms with Gasteiger partial charge < -0.3 is 14.6 Å². The molecule has 1 aliphatic heterocycles. The van der Waals surface area contributed by atoms with E-state index in [1.807, 2.05) is 6.07 Å². The van der Waals surface area contributed by atoms with E-state index in [4.69, 9.17) is 4.42 Å². The van der Waals surface area contributed by atoms with Crippen LogP contribution in [-0.4, -0.2) is 31.1 Å². The van der Waals surface area contributed by atoms with Gasteiger partial charge in [-0.25, -0.2) is 0 Å². The monoisotopic (exact) mass is 300 g/mol. The minimum atomic E-state index is 0.807. The summed E-state index contributed by atoms with van der Waals surface area (Å²) in [6.07, 6.45) is 7.26. The van der Waals surface area contributed by atoms with Crippen LogP contribution >= 0.6 is 15.9 Å². The number of nitrogens with one attached hydrogen (secondary N) is 1. The molecule has 0 amide bonds. The van der Waals surface area contributed by atoms with Crippen LogP contribution in [-0.2, 0) is 6.54 Å². The molecular weight excluding hydrogens is 280 g/mol. The molecule has 0 saturated carbocycles. The summed E-state index contributed by atoms with van der Waals surface area (Å²) < 4.78 is 6.41. The molecule has 2 rings (SSSR count). The molecule has 1 aromatic rings. The van der Waals surface area contributed by atoms with E-state index in [0.717, 1.165) is 29.9 Å². The zero-order valence-corrected chi connectivity index (χ0v) is 11.8. The number of hydrogen-bond donors (Lipinski definition) is 1. The Morgan fingerprint density at radius 1 is 1.24 bits per heavy atom. The van der Waals surface area contributed by atoms with Crippen LogP contribution in [0, 0.1) is 0 Å². The molecule has 0 bridgehead atoms. The van der Waals surface area contributed by atoms with Gasteiger partial charge in [0.2, 0.25) is 0 Å². The van der Waals surface area contributed by atoms with Gasteiger partial charge >= 0.3 is 0 Å². The molecule has 0 radical (unpaired) electrons. The predicted molar refractivity (Wildman–Crippen MR) is 73.0 cm³/mol. The maximum atomic E-state index is 5.35. The third-order valence-corrected chi connectivity index (χ3v) is 3.99. The Hall–Kier alpha value is -0.320. The first kappa shape index (κ1) is 13.1. The smallest absolute Gasteiger partial charge is 0.131 e. The van der Waals surface area contributed by atoms with Gasteiger partial charge in [-0.15, -0.1) is 0 Å². The van der Waals surface area contributed by atoms with Gasteiger partial charge in [-0.2, -0.15) is 0 Å². The van der Waals surface area contributed by atoms with Gasteiger partial charge in [0, 0.05) is 13.1 Å². The van der Waals surface area contributed by atoms with Gasteiger partial charge in [0.1, 0.15) is 5.76 Å². The number of rotatable bonds is 5. The van der Waals surface area contributed by atoms with Crippen LogP contribution < -0.4 is 5.32 Å². The third kappa shape index (κ3) is 4.45. The predicted octanol–water partition coefficient (Wildman–Crippen LogP) is 3.01. The molecule has 4 heteroatoms. The quantitative estimate of drug-likeness (QED) is 0.848. The second kappa shape index (κ2) is 7.19. The SMILES string of the molecule is Brc1ccoc1CNCCN1CCCCCC1. The molecule has 17 heavy (non-hydrogen) atoms. The van der Waals surface area contributed by atoms with Crippen molar-refractivity contribution >= 4 is 15.9 Å². The average molecular weight is 301 g/mol.